The summed E-state index contributed by atoms with van der Waals surface area (Å²) < 4.78 is 6.37. The first kappa shape index (κ1) is 16.5. The van der Waals surface area contributed by atoms with Gasteiger partial charge in [-0.3, -0.25) is 0 Å². The average Bonchev–Trinajstić information content (AvgIpc) is 2.34. The summed E-state index contributed by atoms with van der Waals surface area (Å²) in [4.78, 5) is 1.29. The van der Waals surface area contributed by atoms with Crippen molar-refractivity contribution in [3.05, 3.63) is 43.0 Å². The molecule has 0 saturated heterocycles. The van der Waals surface area contributed by atoms with Crippen LogP contribution in [0.2, 0.25) is 18.1 Å². The molecule has 0 radical (unpaired) electrons. The van der Waals surface area contributed by atoms with Gasteiger partial charge in [-0.25, -0.2) is 0 Å². The molecule has 0 aliphatic rings. The van der Waals surface area contributed by atoms with E-state index in [0.29, 0.717) is 0 Å². The Morgan fingerprint density at radius 1 is 1.26 bits per heavy atom. The zero-order valence-corrected chi connectivity index (χ0v) is 14.6. The van der Waals surface area contributed by atoms with Crippen molar-refractivity contribution in [1.29, 1.82) is 0 Å². The minimum absolute atomic E-state index is 0.131. The van der Waals surface area contributed by atoms with Gasteiger partial charge in [-0.2, -0.15) is 0 Å². The van der Waals surface area contributed by atoms with E-state index in [9.17, 15) is 0 Å². The molecule has 0 fully saturated rings. The Balaban J connectivity index is 2.58. The number of thioether (sulfide) groups is 1. The van der Waals surface area contributed by atoms with Crippen molar-refractivity contribution >= 4 is 20.1 Å². The summed E-state index contributed by atoms with van der Waals surface area (Å²) >= 11 is 1.83. The molecule has 1 aromatic carbocycles. The van der Waals surface area contributed by atoms with Gasteiger partial charge in [-0.05, 0) is 30.3 Å². The van der Waals surface area contributed by atoms with Gasteiger partial charge in [0.2, 0.25) is 0 Å². The van der Waals surface area contributed by atoms with Crippen LogP contribution in [0.5, 0.6) is 0 Å². The fourth-order valence-electron chi connectivity index (χ4n) is 1.40. The molecule has 0 amide bonds. The summed E-state index contributed by atoms with van der Waals surface area (Å²) in [6, 6.07) is 10.5. The Labute approximate surface area is 123 Å². The highest BCUT2D eigenvalue weighted by atomic mass is 32.2. The summed E-state index contributed by atoms with van der Waals surface area (Å²) in [5, 5.41) is 0.242. The predicted molar refractivity (Wildman–Crippen MR) is 89.4 cm³/mol. The van der Waals surface area contributed by atoms with Crippen LogP contribution in [0.25, 0.3) is 0 Å². The van der Waals surface area contributed by atoms with E-state index < -0.39 is 8.32 Å². The molecule has 0 spiro atoms. The average molecular weight is 295 g/mol. The number of rotatable bonds is 6. The van der Waals surface area contributed by atoms with Crippen molar-refractivity contribution in [3.63, 3.8) is 0 Å². The number of benzene rings is 1. The first-order valence-electron chi connectivity index (χ1n) is 6.74. The van der Waals surface area contributed by atoms with E-state index in [0.717, 1.165) is 5.75 Å². The normalized spacial score (nSPS) is 14.2. The summed E-state index contributed by atoms with van der Waals surface area (Å²) in [5.41, 5.74) is 0. The second-order valence-corrected chi connectivity index (χ2v) is 12.1. The third-order valence-corrected chi connectivity index (χ3v) is 9.28. The second-order valence-electron chi connectivity index (χ2n) is 6.28. The summed E-state index contributed by atoms with van der Waals surface area (Å²) in [6.07, 6.45) is 2.07. The van der Waals surface area contributed by atoms with Gasteiger partial charge in [-0.15, -0.1) is 18.3 Å². The molecule has 0 aromatic heterocycles. The van der Waals surface area contributed by atoms with Crippen molar-refractivity contribution in [2.75, 3.05) is 5.75 Å². The Morgan fingerprint density at radius 3 is 2.32 bits per heavy atom. The zero-order valence-electron chi connectivity index (χ0n) is 12.8. The Kier molecular flexibility index (Phi) is 5.90. The van der Waals surface area contributed by atoms with Gasteiger partial charge < -0.3 is 4.43 Å². The number of hydrogen-bond donors (Lipinski definition) is 0. The minimum atomic E-state index is -1.71. The fraction of sp³-hybridized carbons (Fsp3) is 0.500. The fourth-order valence-corrected chi connectivity index (χ4v) is 3.72. The van der Waals surface area contributed by atoms with Crippen molar-refractivity contribution in [2.45, 2.75) is 49.9 Å². The molecule has 0 N–H and O–H groups in total. The van der Waals surface area contributed by atoms with Crippen LogP contribution in [0.15, 0.2) is 47.9 Å². The SMILES string of the molecule is C=CC(CSc1ccccc1)O[Si](C)(C)C(C)(C)C. The van der Waals surface area contributed by atoms with Gasteiger partial charge in [0.15, 0.2) is 8.32 Å². The molecule has 1 atom stereocenters. The maximum absolute atomic E-state index is 6.37. The second kappa shape index (κ2) is 6.78. The van der Waals surface area contributed by atoms with Crippen LogP contribution >= 0.6 is 11.8 Å². The van der Waals surface area contributed by atoms with E-state index in [2.05, 4.69) is 64.7 Å². The van der Waals surface area contributed by atoms with Crippen molar-refractivity contribution < 1.29 is 4.43 Å². The minimum Gasteiger partial charge on any atom is -0.410 e. The first-order chi connectivity index (χ1) is 8.76. The maximum Gasteiger partial charge on any atom is 0.192 e. The van der Waals surface area contributed by atoms with Gasteiger partial charge in [0.1, 0.15) is 0 Å². The lowest BCUT2D eigenvalue weighted by Gasteiger charge is -2.38. The van der Waals surface area contributed by atoms with Crippen LogP contribution in [0.3, 0.4) is 0 Å². The van der Waals surface area contributed by atoms with Gasteiger partial charge in [0.25, 0.3) is 0 Å². The third-order valence-electron chi connectivity index (χ3n) is 3.67. The lowest BCUT2D eigenvalue weighted by atomic mass is 10.2. The first-order valence-corrected chi connectivity index (χ1v) is 10.6. The lowest BCUT2D eigenvalue weighted by Crippen LogP contribution is -2.44. The highest BCUT2D eigenvalue weighted by Gasteiger charge is 2.38. The molecule has 0 bridgehead atoms. The number of hydrogen-bond acceptors (Lipinski definition) is 2. The van der Waals surface area contributed by atoms with Crippen molar-refractivity contribution in [1.82, 2.24) is 0 Å². The maximum atomic E-state index is 6.37. The Hall–Kier alpha value is -0.513. The van der Waals surface area contributed by atoms with E-state index in [1.165, 1.54) is 4.90 Å². The highest BCUT2D eigenvalue weighted by molar-refractivity contribution is 7.99. The topological polar surface area (TPSA) is 9.23 Å². The summed E-state index contributed by atoms with van der Waals surface area (Å²) in [5.74, 6) is 0.931. The summed E-state index contributed by atoms with van der Waals surface area (Å²) in [6.45, 7) is 15.3. The molecule has 0 aliphatic carbocycles. The standard InChI is InChI=1S/C16H26OSSi/c1-7-14(17-19(5,6)16(2,3)4)13-18-15-11-9-8-10-12-15/h7-12,14H,1,13H2,2-6H3. The van der Waals surface area contributed by atoms with Crippen LogP contribution in [-0.2, 0) is 4.43 Å². The molecular formula is C16H26OSSi. The van der Waals surface area contributed by atoms with Crippen LogP contribution in [-0.4, -0.2) is 20.2 Å². The zero-order chi connectivity index (χ0) is 14.5. The van der Waals surface area contributed by atoms with Gasteiger partial charge in [0.05, 0.1) is 6.10 Å². The molecule has 3 heteroatoms. The molecule has 0 aliphatic heterocycles. The van der Waals surface area contributed by atoms with E-state index >= 15 is 0 Å². The van der Waals surface area contributed by atoms with E-state index in [4.69, 9.17) is 4.43 Å². The van der Waals surface area contributed by atoms with E-state index in [1.54, 1.807) is 0 Å². The van der Waals surface area contributed by atoms with E-state index in [1.807, 2.05) is 23.9 Å². The van der Waals surface area contributed by atoms with Gasteiger partial charge in [0, 0.05) is 10.6 Å². The molecule has 1 aromatic rings. The molecule has 106 valence electrons. The Morgan fingerprint density at radius 2 is 1.84 bits per heavy atom. The Bertz CT molecular complexity index is 395. The molecule has 1 unspecified atom stereocenters. The predicted octanol–water partition coefficient (Wildman–Crippen LogP) is 5.36. The molecule has 1 rings (SSSR count). The largest absolute Gasteiger partial charge is 0.410 e. The van der Waals surface area contributed by atoms with Crippen LogP contribution in [0, 0.1) is 0 Å². The highest BCUT2D eigenvalue weighted by Crippen LogP contribution is 2.37. The molecule has 0 heterocycles. The molecule has 19 heavy (non-hydrogen) atoms. The smallest absolute Gasteiger partial charge is 0.192 e. The van der Waals surface area contributed by atoms with Crippen LogP contribution in [0.1, 0.15) is 20.8 Å². The van der Waals surface area contributed by atoms with Crippen molar-refractivity contribution in [3.8, 4) is 0 Å². The van der Waals surface area contributed by atoms with Gasteiger partial charge >= 0.3 is 0 Å². The van der Waals surface area contributed by atoms with Crippen LogP contribution in [0.4, 0.5) is 0 Å². The monoisotopic (exact) mass is 294 g/mol. The quantitative estimate of drug-likeness (QED) is 0.397. The van der Waals surface area contributed by atoms with E-state index in [-0.39, 0.29) is 11.1 Å². The lowest BCUT2D eigenvalue weighted by molar-refractivity contribution is 0.247. The van der Waals surface area contributed by atoms with Crippen molar-refractivity contribution in [2.24, 2.45) is 0 Å². The van der Waals surface area contributed by atoms with Crippen LogP contribution < -0.4 is 0 Å². The summed E-state index contributed by atoms with van der Waals surface area (Å²) in [7, 11) is -1.71. The third kappa shape index (κ3) is 5.17. The molecule has 0 saturated carbocycles. The molecular weight excluding hydrogens is 268 g/mol. The van der Waals surface area contributed by atoms with Gasteiger partial charge in [-0.1, -0.05) is 45.0 Å². The molecule has 1 nitrogen and oxygen atoms in total.